The largest absolute Gasteiger partial charge is 0.417 e. The second-order valence-corrected chi connectivity index (χ2v) is 5.26. The van der Waals surface area contributed by atoms with Crippen molar-refractivity contribution < 1.29 is 18.0 Å². The number of anilines is 1. The van der Waals surface area contributed by atoms with Crippen LogP contribution in [-0.4, -0.2) is 10.9 Å². The normalized spacial score (nSPS) is 11.3. The fourth-order valence-corrected chi connectivity index (χ4v) is 1.97. The number of pyridine rings is 1. The average Bonchev–Trinajstić information content (AvgIpc) is 2.42. The van der Waals surface area contributed by atoms with Gasteiger partial charge in [0.2, 0.25) is 0 Å². The summed E-state index contributed by atoms with van der Waals surface area (Å²) in [5.41, 5.74) is 0.426. The fraction of sp³-hybridized carbons (Fsp3) is 0.143. The van der Waals surface area contributed by atoms with Crippen molar-refractivity contribution in [1.29, 1.82) is 0 Å². The van der Waals surface area contributed by atoms with Crippen LogP contribution in [0.25, 0.3) is 0 Å². The molecule has 0 bridgehead atoms. The maximum Gasteiger partial charge on any atom is 0.417 e. The van der Waals surface area contributed by atoms with E-state index in [2.05, 4.69) is 26.2 Å². The number of hydrogen-bond donors (Lipinski definition) is 1. The summed E-state index contributed by atoms with van der Waals surface area (Å²) < 4.78 is 38.0. The summed E-state index contributed by atoms with van der Waals surface area (Å²) in [6, 6.07) is 7.21. The molecule has 1 heterocycles. The third-order valence-corrected chi connectivity index (χ3v) is 3.26. The molecule has 0 saturated heterocycles. The van der Waals surface area contributed by atoms with E-state index in [1.165, 1.54) is 0 Å². The zero-order valence-corrected chi connectivity index (χ0v) is 12.4. The molecule has 0 unspecified atom stereocenters. The molecule has 1 amide bonds. The van der Waals surface area contributed by atoms with Gasteiger partial charge >= 0.3 is 6.18 Å². The molecule has 1 aromatic carbocycles. The fourth-order valence-electron chi connectivity index (χ4n) is 1.61. The van der Waals surface area contributed by atoms with Crippen LogP contribution in [0.4, 0.5) is 18.9 Å². The van der Waals surface area contributed by atoms with E-state index in [1.54, 1.807) is 12.1 Å². The summed E-state index contributed by atoms with van der Waals surface area (Å²) in [5.74, 6) is -0.565. The summed E-state index contributed by atoms with van der Waals surface area (Å²) >= 11 is 3.28. The van der Waals surface area contributed by atoms with Gasteiger partial charge in [-0.25, -0.2) is 0 Å². The SMILES string of the molecule is Cc1ccc(Br)cc1NC(=O)c1ccc(C(F)(F)F)cn1. The van der Waals surface area contributed by atoms with Crippen LogP contribution in [0, 0.1) is 6.92 Å². The molecule has 1 N–H and O–H groups in total. The maximum atomic E-state index is 12.4. The topological polar surface area (TPSA) is 42.0 Å². The van der Waals surface area contributed by atoms with Crippen molar-refractivity contribution in [3.8, 4) is 0 Å². The van der Waals surface area contributed by atoms with Gasteiger partial charge in [0.25, 0.3) is 5.91 Å². The molecule has 3 nitrogen and oxygen atoms in total. The first-order valence-electron chi connectivity index (χ1n) is 5.88. The van der Waals surface area contributed by atoms with Gasteiger partial charge in [-0.1, -0.05) is 22.0 Å². The minimum atomic E-state index is -4.47. The summed E-state index contributed by atoms with van der Waals surface area (Å²) in [4.78, 5) is 15.5. The number of nitrogens with zero attached hydrogens (tertiary/aromatic N) is 1. The van der Waals surface area contributed by atoms with Crippen molar-refractivity contribution in [2.45, 2.75) is 13.1 Å². The zero-order chi connectivity index (χ0) is 15.6. The number of halogens is 4. The number of nitrogens with one attached hydrogen (secondary N) is 1. The Morgan fingerprint density at radius 3 is 2.52 bits per heavy atom. The quantitative estimate of drug-likeness (QED) is 0.862. The Kier molecular flexibility index (Phi) is 4.32. The number of aromatic nitrogens is 1. The highest BCUT2D eigenvalue weighted by Crippen LogP contribution is 2.28. The number of amides is 1. The maximum absolute atomic E-state index is 12.4. The Morgan fingerprint density at radius 2 is 1.95 bits per heavy atom. The van der Waals surface area contributed by atoms with Crippen molar-refractivity contribution in [3.63, 3.8) is 0 Å². The van der Waals surface area contributed by atoms with Crippen molar-refractivity contribution in [3.05, 3.63) is 57.8 Å². The molecule has 2 aromatic rings. The van der Waals surface area contributed by atoms with Gasteiger partial charge < -0.3 is 5.32 Å². The van der Waals surface area contributed by atoms with Gasteiger partial charge in [0.05, 0.1) is 5.56 Å². The molecule has 0 aliphatic carbocycles. The molecule has 1 aromatic heterocycles. The number of carbonyl (C=O) groups is 1. The van der Waals surface area contributed by atoms with Crippen LogP contribution in [0.1, 0.15) is 21.6 Å². The molecule has 110 valence electrons. The van der Waals surface area contributed by atoms with E-state index in [4.69, 9.17) is 0 Å². The molecule has 0 aliphatic rings. The highest BCUT2D eigenvalue weighted by molar-refractivity contribution is 9.10. The van der Waals surface area contributed by atoms with Crippen molar-refractivity contribution in [1.82, 2.24) is 4.98 Å². The minimum Gasteiger partial charge on any atom is -0.320 e. The lowest BCUT2D eigenvalue weighted by molar-refractivity contribution is -0.137. The Morgan fingerprint density at radius 1 is 1.24 bits per heavy atom. The third kappa shape index (κ3) is 3.81. The molecule has 0 radical (unpaired) electrons. The first kappa shape index (κ1) is 15.5. The number of carbonyl (C=O) groups excluding carboxylic acids is 1. The second kappa shape index (κ2) is 5.85. The van der Waals surface area contributed by atoms with E-state index in [0.29, 0.717) is 11.9 Å². The predicted octanol–water partition coefficient (Wildman–Crippen LogP) is 4.42. The monoisotopic (exact) mass is 358 g/mol. The zero-order valence-electron chi connectivity index (χ0n) is 10.8. The van der Waals surface area contributed by atoms with Crippen LogP contribution in [0.15, 0.2) is 41.0 Å². The van der Waals surface area contributed by atoms with Crippen molar-refractivity contribution >= 4 is 27.5 Å². The molecule has 2 rings (SSSR count). The average molecular weight is 359 g/mol. The van der Waals surface area contributed by atoms with E-state index in [1.807, 2.05) is 13.0 Å². The van der Waals surface area contributed by atoms with Crippen molar-refractivity contribution in [2.24, 2.45) is 0 Å². The van der Waals surface area contributed by atoms with Gasteiger partial charge in [0.15, 0.2) is 0 Å². The Bertz CT molecular complexity index is 669. The minimum absolute atomic E-state index is 0.0811. The Hall–Kier alpha value is -1.89. The highest BCUT2D eigenvalue weighted by Gasteiger charge is 2.30. The Balaban J connectivity index is 2.19. The van der Waals surface area contributed by atoms with Gasteiger partial charge in [0.1, 0.15) is 5.69 Å². The number of aryl methyl sites for hydroxylation is 1. The van der Waals surface area contributed by atoms with Crippen LogP contribution in [0.3, 0.4) is 0 Å². The first-order valence-corrected chi connectivity index (χ1v) is 6.67. The second-order valence-electron chi connectivity index (χ2n) is 4.34. The lowest BCUT2D eigenvalue weighted by Crippen LogP contribution is -2.15. The van der Waals surface area contributed by atoms with Gasteiger partial charge in [-0.15, -0.1) is 0 Å². The van der Waals surface area contributed by atoms with Crippen LogP contribution in [-0.2, 0) is 6.18 Å². The summed E-state index contributed by atoms with van der Waals surface area (Å²) in [6.45, 7) is 1.81. The number of hydrogen-bond acceptors (Lipinski definition) is 2. The van der Waals surface area contributed by atoms with E-state index in [0.717, 1.165) is 22.2 Å². The number of alkyl halides is 3. The molecule has 21 heavy (non-hydrogen) atoms. The van der Waals surface area contributed by atoms with Gasteiger partial charge in [-0.3, -0.25) is 9.78 Å². The van der Waals surface area contributed by atoms with E-state index >= 15 is 0 Å². The van der Waals surface area contributed by atoms with Crippen LogP contribution < -0.4 is 5.32 Å². The number of rotatable bonds is 2. The molecule has 0 spiro atoms. The van der Waals surface area contributed by atoms with Crippen LogP contribution in [0.5, 0.6) is 0 Å². The van der Waals surface area contributed by atoms with Gasteiger partial charge in [0, 0.05) is 16.4 Å². The molecule has 7 heteroatoms. The van der Waals surface area contributed by atoms with E-state index < -0.39 is 17.6 Å². The third-order valence-electron chi connectivity index (χ3n) is 2.77. The smallest absolute Gasteiger partial charge is 0.320 e. The lowest BCUT2D eigenvalue weighted by Gasteiger charge is -2.09. The summed E-state index contributed by atoms with van der Waals surface area (Å²) in [5, 5.41) is 2.61. The molecule has 0 atom stereocenters. The molecular formula is C14H10BrF3N2O. The number of benzene rings is 1. The molecule has 0 saturated carbocycles. The summed E-state index contributed by atoms with van der Waals surface area (Å²) in [7, 11) is 0. The van der Waals surface area contributed by atoms with Crippen LogP contribution >= 0.6 is 15.9 Å². The first-order chi connectivity index (χ1) is 9.77. The van der Waals surface area contributed by atoms with Crippen molar-refractivity contribution in [2.75, 3.05) is 5.32 Å². The van der Waals surface area contributed by atoms with Crippen LogP contribution in [0.2, 0.25) is 0 Å². The predicted molar refractivity (Wildman–Crippen MR) is 76.1 cm³/mol. The lowest BCUT2D eigenvalue weighted by atomic mass is 10.2. The molecular weight excluding hydrogens is 349 g/mol. The standard InChI is InChI=1S/C14H10BrF3N2O/c1-8-2-4-10(15)6-12(8)20-13(21)11-5-3-9(7-19-11)14(16,17)18/h2-7H,1H3,(H,20,21). The van der Waals surface area contributed by atoms with Gasteiger partial charge in [-0.2, -0.15) is 13.2 Å². The van der Waals surface area contributed by atoms with Gasteiger partial charge in [-0.05, 0) is 36.8 Å². The highest BCUT2D eigenvalue weighted by atomic mass is 79.9. The summed E-state index contributed by atoms with van der Waals surface area (Å²) in [6.07, 6.45) is -3.83. The Labute approximate surface area is 127 Å². The van der Waals surface area contributed by atoms with E-state index in [9.17, 15) is 18.0 Å². The van der Waals surface area contributed by atoms with E-state index in [-0.39, 0.29) is 5.69 Å². The molecule has 0 aliphatic heterocycles. The molecule has 0 fully saturated rings.